The fourth-order valence-electron chi connectivity index (χ4n) is 3.24. The number of carbonyl (C=O) groups excluding carboxylic acids is 2. The Kier molecular flexibility index (Phi) is 5.12. The average molecular weight is 337 g/mol. The second-order valence-corrected chi connectivity index (χ2v) is 6.57. The van der Waals surface area contributed by atoms with Crippen LogP contribution in [0.15, 0.2) is 54.9 Å². The van der Waals surface area contributed by atoms with Crippen LogP contribution in [0.5, 0.6) is 0 Å². The van der Waals surface area contributed by atoms with E-state index in [-0.39, 0.29) is 23.8 Å². The number of likely N-dealkylation sites (tertiary alicyclic amines) is 1. The Balaban J connectivity index is 1.64. The van der Waals surface area contributed by atoms with Crippen LogP contribution >= 0.6 is 0 Å². The first-order valence-electron chi connectivity index (χ1n) is 8.54. The van der Waals surface area contributed by atoms with Gasteiger partial charge in [0.25, 0.3) is 0 Å². The quantitative estimate of drug-likeness (QED) is 0.843. The van der Waals surface area contributed by atoms with Gasteiger partial charge in [-0.1, -0.05) is 30.3 Å². The van der Waals surface area contributed by atoms with E-state index in [4.69, 9.17) is 0 Å². The summed E-state index contributed by atoms with van der Waals surface area (Å²) < 4.78 is 0. The van der Waals surface area contributed by atoms with Gasteiger partial charge in [0.05, 0.1) is 12.0 Å². The summed E-state index contributed by atoms with van der Waals surface area (Å²) >= 11 is 0. The molecule has 1 aliphatic rings. The summed E-state index contributed by atoms with van der Waals surface area (Å²) in [4.78, 5) is 32.7. The van der Waals surface area contributed by atoms with Crippen LogP contribution in [-0.4, -0.2) is 40.2 Å². The molecule has 2 heterocycles. The Morgan fingerprint density at radius 3 is 2.60 bits per heavy atom. The predicted octanol–water partition coefficient (Wildman–Crippen LogP) is 2.65. The number of carbonyl (C=O) groups is 2. The molecule has 3 rings (SSSR count). The maximum absolute atomic E-state index is 12.8. The molecule has 1 aliphatic heterocycles. The largest absolute Gasteiger partial charge is 0.339 e. The minimum Gasteiger partial charge on any atom is -0.339 e. The molecule has 0 saturated carbocycles. The van der Waals surface area contributed by atoms with Crippen LogP contribution in [0.1, 0.15) is 30.5 Å². The van der Waals surface area contributed by atoms with E-state index in [0.717, 1.165) is 11.1 Å². The van der Waals surface area contributed by atoms with Crippen LogP contribution in [0.4, 0.5) is 0 Å². The van der Waals surface area contributed by atoms with Crippen molar-refractivity contribution < 1.29 is 9.59 Å². The van der Waals surface area contributed by atoms with Crippen molar-refractivity contribution in [2.75, 3.05) is 13.6 Å². The zero-order valence-electron chi connectivity index (χ0n) is 14.6. The first kappa shape index (κ1) is 17.1. The van der Waals surface area contributed by atoms with E-state index in [0.29, 0.717) is 19.5 Å². The third-order valence-corrected chi connectivity index (χ3v) is 4.90. The van der Waals surface area contributed by atoms with Gasteiger partial charge in [0.1, 0.15) is 0 Å². The molecular weight excluding hydrogens is 314 g/mol. The first-order valence-corrected chi connectivity index (χ1v) is 8.54. The van der Waals surface area contributed by atoms with Crippen molar-refractivity contribution in [1.82, 2.24) is 14.8 Å². The Bertz CT molecular complexity index is 733. The van der Waals surface area contributed by atoms with Gasteiger partial charge in [-0.25, -0.2) is 0 Å². The number of benzene rings is 1. The molecule has 5 nitrogen and oxygen atoms in total. The summed E-state index contributed by atoms with van der Waals surface area (Å²) in [6.07, 6.45) is 3.74. The van der Waals surface area contributed by atoms with Gasteiger partial charge in [0.2, 0.25) is 11.8 Å². The molecule has 2 amide bonds. The summed E-state index contributed by atoms with van der Waals surface area (Å²) in [5.74, 6) is -0.203. The average Bonchev–Trinajstić information content (AvgIpc) is 3.02. The summed E-state index contributed by atoms with van der Waals surface area (Å²) in [6, 6.07) is 13.7. The van der Waals surface area contributed by atoms with E-state index in [1.807, 2.05) is 49.4 Å². The molecule has 2 aromatic rings. The van der Waals surface area contributed by atoms with Gasteiger partial charge < -0.3 is 9.80 Å². The monoisotopic (exact) mass is 337 g/mol. The predicted molar refractivity (Wildman–Crippen MR) is 95.4 cm³/mol. The van der Waals surface area contributed by atoms with Gasteiger partial charge in [-0.2, -0.15) is 0 Å². The molecule has 0 aliphatic carbocycles. The van der Waals surface area contributed by atoms with Crippen LogP contribution < -0.4 is 0 Å². The van der Waals surface area contributed by atoms with Crippen LogP contribution in [0, 0.1) is 5.92 Å². The molecule has 0 N–H and O–H groups in total. The lowest BCUT2D eigenvalue weighted by Crippen LogP contribution is -2.36. The molecule has 0 spiro atoms. The number of pyridine rings is 1. The third-order valence-electron chi connectivity index (χ3n) is 4.90. The highest BCUT2D eigenvalue weighted by atomic mass is 16.2. The molecule has 0 radical (unpaired) electrons. The number of nitrogens with zero attached hydrogens (tertiary/aromatic N) is 3. The standard InChI is InChI=1S/C20H23N3O2/c1-15(17-8-10-21-11-9-17)22(2)20(25)18-12-19(24)23(14-18)13-16-6-4-3-5-7-16/h3-11,15,18H,12-14H2,1-2H3/t15-,18-/m1/s1. The van der Waals surface area contributed by atoms with Crippen LogP contribution in [0.3, 0.4) is 0 Å². The fourth-order valence-corrected chi connectivity index (χ4v) is 3.24. The maximum Gasteiger partial charge on any atom is 0.228 e. The normalized spacial score (nSPS) is 18.2. The highest BCUT2D eigenvalue weighted by molar-refractivity contribution is 5.89. The molecule has 0 bridgehead atoms. The first-order chi connectivity index (χ1) is 12.1. The molecule has 1 fully saturated rings. The summed E-state index contributed by atoms with van der Waals surface area (Å²) in [5.41, 5.74) is 2.12. The number of rotatable bonds is 5. The Labute approximate surface area is 148 Å². The van der Waals surface area contributed by atoms with Crippen molar-refractivity contribution in [3.8, 4) is 0 Å². The smallest absolute Gasteiger partial charge is 0.228 e. The van der Waals surface area contributed by atoms with Crippen LogP contribution in [0.25, 0.3) is 0 Å². The Morgan fingerprint density at radius 2 is 1.92 bits per heavy atom. The van der Waals surface area contributed by atoms with Gasteiger partial charge in [-0.05, 0) is 30.2 Å². The lowest BCUT2D eigenvalue weighted by molar-refractivity contribution is -0.136. The highest BCUT2D eigenvalue weighted by Crippen LogP contribution is 2.26. The molecule has 0 unspecified atom stereocenters. The lowest BCUT2D eigenvalue weighted by Gasteiger charge is -2.27. The summed E-state index contributed by atoms with van der Waals surface area (Å²) in [6.45, 7) is 3.04. The van der Waals surface area contributed by atoms with Crippen LogP contribution in [-0.2, 0) is 16.1 Å². The molecule has 1 saturated heterocycles. The topological polar surface area (TPSA) is 53.5 Å². The lowest BCUT2D eigenvalue weighted by atomic mass is 10.0. The molecular formula is C20H23N3O2. The maximum atomic E-state index is 12.8. The number of aromatic nitrogens is 1. The zero-order valence-corrected chi connectivity index (χ0v) is 14.6. The minimum atomic E-state index is -0.273. The molecule has 1 aromatic carbocycles. The van der Waals surface area contributed by atoms with Crippen molar-refractivity contribution in [3.05, 3.63) is 66.0 Å². The van der Waals surface area contributed by atoms with Gasteiger partial charge in [-0.3, -0.25) is 14.6 Å². The van der Waals surface area contributed by atoms with E-state index in [9.17, 15) is 9.59 Å². The third kappa shape index (κ3) is 3.87. The second-order valence-electron chi connectivity index (χ2n) is 6.57. The van der Waals surface area contributed by atoms with Crippen molar-refractivity contribution in [1.29, 1.82) is 0 Å². The number of hydrogen-bond donors (Lipinski definition) is 0. The Hall–Kier alpha value is -2.69. The van der Waals surface area contributed by atoms with E-state index < -0.39 is 0 Å². The second kappa shape index (κ2) is 7.47. The van der Waals surface area contributed by atoms with Gasteiger partial charge in [-0.15, -0.1) is 0 Å². The molecule has 1 aromatic heterocycles. The van der Waals surface area contributed by atoms with Gasteiger partial charge in [0.15, 0.2) is 0 Å². The zero-order chi connectivity index (χ0) is 17.8. The van der Waals surface area contributed by atoms with Crippen molar-refractivity contribution in [2.45, 2.75) is 25.9 Å². The van der Waals surface area contributed by atoms with E-state index >= 15 is 0 Å². The molecule has 5 heteroatoms. The van der Waals surface area contributed by atoms with Gasteiger partial charge in [0, 0.05) is 39.0 Å². The molecule has 2 atom stereocenters. The van der Waals surface area contributed by atoms with E-state index in [2.05, 4.69) is 4.98 Å². The molecule has 130 valence electrons. The van der Waals surface area contributed by atoms with Gasteiger partial charge >= 0.3 is 0 Å². The fraction of sp³-hybridized carbons (Fsp3) is 0.350. The number of hydrogen-bond acceptors (Lipinski definition) is 3. The van der Waals surface area contributed by atoms with Crippen molar-refractivity contribution >= 4 is 11.8 Å². The van der Waals surface area contributed by atoms with E-state index in [1.54, 1.807) is 29.2 Å². The molecule has 25 heavy (non-hydrogen) atoms. The van der Waals surface area contributed by atoms with E-state index in [1.165, 1.54) is 0 Å². The Morgan fingerprint density at radius 1 is 1.24 bits per heavy atom. The highest BCUT2D eigenvalue weighted by Gasteiger charge is 2.36. The summed E-state index contributed by atoms with van der Waals surface area (Å²) in [5, 5.41) is 0. The SMILES string of the molecule is C[C@H](c1ccncc1)N(C)C(=O)[C@@H]1CC(=O)N(Cc2ccccc2)C1. The van der Waals surface area contributed by atoms with Crippen molar-refractivity contribution in [3.63, 3.8) is 0 Å². The van der Waals surface area contributed by atoms with Crippen molar-refractivity contribution in [2.24, 2.45) is 5.92 Å². The number of amides is 2. The van der Waals surface area contributed by atoms with Crippen LogP contribution in [0.2, 0.25) is 0 Å². The minimum absolute atomic E-state index is 0.0215. The summed E-state index contributed by atoms with van der Waals surface area (Å²) in [7, 11) is 1.80.